The van der Waals surface area contributed by atoms with Crippen LogP contribution in [0.5, 0.6) is 0 Å². The second-order valence-electron chi connectivity index (χ2n) is 6.12. The molecule has 0 bridgehead atoms. The van der Waals surface area contributed by atoms with Crippen molar-refractivity contribution in [3.63, 3.8) is 0 Å². The average Bonchev–Trinajstić information content (AvgIpc) is 2.93. The lowest BCUT2D eigenvalue weighted by atomic mass is 10.2. The molecule has 0 radical (unpaired) electrons. The van der Waals surface area contributed by atoms with Crippen molar-refractivity contribution >= 4 is 45.0 Å². The van der Waals surface area contributed by atoms with Crippen molar-refractivity contribution in [2.24, 2.45) is 0 Å². The van der Waals surface area contributed by atoms with Gasteiger partial charge in [-0.15, -0.1) is 11.3 Å². The fourth-order valence-corrected chi connectivity index (χ4v) is 4.41. The molecule has 0 aliphatic carbocycles. The number of thiophene rings is 1. The zero-order valence-corrected chi connectivity index (χ0v) is 16.9. The van der Waals surface area contributed by atoms with Gasteiger partial charge in [-0.05, 0) is 37.1 Å². The number of carbonyl (C=O) groups is 1. The Morgan fingerprint density at radius 1 is 1.27 bits per heavy atom. The summed E-state index contributed by atoms with van der Waals surface area (Å²) in [6.07, 6.45) is 3.32. The molecule has 0 unspecified atom stereocenters. The van der Waals surface area contributed by atoms with Crippen LogP contribution in [-0.2, 0) is 11.3 Å². The van der Waals surface area contributed by atoms with Crippen LogP contribution in [0.15, 0.2) is 29.7 Å². The molecule has 0 aromatic carbocycles. The molecule has 3 heterocycles. The van der Waals surface area contributed by atoms with Crippen molar-refractivity contribution in [3.05, 3.63) is 40.7 Å². The van der Waals surface area contributed by atoms with E-state index >= 15 is 0 Å². The molecular weight excluding hydrogens is 366 g/mol. The number of hydrogen-bond donors (Lipinski definition) is 1. The normalized spacial score (nSPS) is 10.9. The molecule has 3 rings (SSSR count). The van der Waals surface area contributed by atoms with E-state index in [0.29, 0.717) is 12.3 Å². The summed E-state index contributed by atoms with van der Waals surface area (Å²) in [7, 11) is 3.88. The average molecular weight is 388 g/mol. The van der Waals surface area contributed by atoms with E-state index in [9.17, 15) is 4.79 Å². The van der Waals surface area contributed by atoms with Crippen LogP contribution in [-0.4, -0.2) is 40.7 Å². The molecule has 8 heteroatoms. The van der Waals surface area contributed by atoms with E-state index in [4.69, 9.17) is 0 Å². The number of rotatable bonds is 6. The Morgan fingerprint density at radius 3 is 2.85 bits per heavy atom. The van der Waals surface area contributed by atoms with Crippen LogP contribution in [0, 0.1) is 13.8 Å². The first-order valence-corrected chi connectivity index (χ1v) is 9.98. The van der Waals surface area contributed by atoms with E-state index in [1.807, 2.05) is 31.1 Å². The maximum absolute atomic E-state index is 12.2. The van der Waals surface area contributed by atoms with Gasteiger partial charge in [0.15, 0.2) is 0 Å². The molecule has 3 aromatic heterocycles. The minimum atomic E-state index is -0.0189. The number of anilines is 1. The fourth-order valence-electron chi connectivity index (χ4n) is 2.46. The van der Waals surface area contributed by atoms with Crippen molar-refractivity contribution in [1.82, 2.24) is 20.3 Å². The molecular formula is C18H21N5OS2. The standard InChI is InChI=1S/C18H21N5OS2/c1-11-12(2)26-18-16(11)17(21-10-22-18)25-9-15(24)20-8-13-5-6-19-14(7-13)23(3)4/h5-7,10H,8-9H2,1-4H3,(H,20,24). The molecule has 26 heavy (non-hydrogen) atoms. The predicted octanol–water partition coefficient (Wildman–Crippen LogP) is 3.18. The highest BCUT2D eigenvalue weighted by molar-refractivity contribution is 8.00. The number of nitrogens with one attached hydrogen (secondary N) is 1. The van der Waals surface area contributed by atoms with Gasteiger partial charge >= 0.3 is 0 Å². The van der Waals surface area contributed by atoms with E-state index in [2.05, 4.69) is 34.1 Å². The second-order valence-corrected chi connectivity index (χ2v) is 8.29. The van der Waals surface area contributed by atoms with E-state index in [0.717, 1.165) is 26.6 Å². The first-order valence-electron chi connectivity index (χ1n) is 8.18. The molecule has 0 saturated carbocycles. The minimum absolute atomic E-state index is 0.0189. The minimum Gasteiger partial charge on any atom is -0.363 e. The van der Waals surface area contributed by atoms with Gasteiger partial charge in [-0.2, -0.15) is 0 Å². The van der Waals surface area contributed by atoms with Crippen molar-refractivity contribution in [2.45, 2.75) is 25.4 Å². The maximum atomic E-state index is 12.2. The molecule has 3 aromatic rings. The first-order chi connectivity index (χ1) is 12.5. The Labute approximate surface area is 161 Å². The number of pyridine rings is 1. The quantitative estimate of drug-likeness (QED) is 0.517. The third-order valence-corrected chi connectivity index (χ3v) is 6.13. The maximum Gasteiger partial charge on any atom is 0.230 e. The Kier molecular flexibility index (Phi) is 5.73. The van der Waals surface area contributed by atoms with Gasteiger partial charge in [0, 0.05) is 37.1 Å². The highest BCUT2D eigenvalue weighted by Gasteiger charge is 2.13. The van der Waals surface area contributed by atoms with Crippen LogP contribution in [0.25, 0.3) is 10.2 Å². The van der Waals surface area contributed by atoms with Gasteiger partial charge in [-0.3, -0.25) is 4.79 Å². The van der Waals surface area contributed by atoms with E-state index in [1.165, 1.54) is 22.2 Å². The number of hydrogen-bond acceptors (Lipinski definition) is 7. The number of carbonyl (C=O) groups excluding carboxylic acids is 1. The van der Waals surface area contributed by atoms with Crippen LogP contribution < -0.4 is 10.2 Å². The van der Waals surface area contributed by atoms with Crippen LogP contribution in [0.4, 0.5) is 5.82 Å². The van der Waals surface area contributed by atoms with Crippen LogP contribution in [0.2, 0.25) is 0 Å². The van der Waals surface area contributed by atoms with Gasteiger partial charge in [0.25, 0.3) is 0 Å². The molecule has 0 fully saturated rings. The third-order valence-electron chi connectivity index (χ3n) is 4.03. The van der Waals surface area contributed by atoms with Crippen molar-refractivity contribution in [1.29, 1.82) is 0 Å². The lowest BCUT2D eigenvalue weighted by Gasteiger charge is -2.12. The summed E-state index contributed by atoms with van der Waals surface area (Å²) in [6.45, 7) is 4.64. The Morgan fingerprint density at radius 2 is 2.08 bits per heavy atom. The fraction of sp³-hybridized carbons (Fsp3) is 0.333. The highest BCUT2D eigenvalue weighted by Crippen LogP contribution is 2.34. The number of thioether (sulfide) groups is 1. The van der Waals surface area contributed by atoms with E-state index in [1.54, 1.807) is 23.9 Å². The topological polar surface area (TPSA) is 71.0 Å². The monoisotopic (exact) mass is 387 g/mol. The van der Waals surface area contributed by atoms with E-state index < -0.39 is 0 Å². The van der Waals surface area contributed by atoms with Crippen molar-refractivity contribution in [2.75, 3.05) is 24.7 Å². The molecule has 1 N–H and O–H groups in total. The zero-order valence-electron chi connectivity index (χ0n) is 15.2. The Bertz CT molecular complexity index is 938. The largest absolute Gasteiger partial charge is 0.363 e. The zero-order chi connectivity index (χ0) is 18.7. The first kappa shape index (κ1) is 18.6. The molecule has 6 nitrogen and oxygen atoms in total. The Balaban J connectivity index is 1.61. The molecule has 0 aliphatic rings. The molecule has 0 atom stereocenters. The SMILES string of the molecule is Cc1sc2ncnc(SCC(=O)NCc3ccnc(N(C)C)c3)c2c1C. The second kappa shape index (κ2) is 8.01. The number of amides is 1. The third kappa shape index (κ3) is 4.13. The summed E-state index contributed by atoms with van der Waals surface area (Å²) in [5.41, 5.74) is 2.22. The van der Waals surface area contributed by atoms with E-state index in [-0.39, 0.29) is 5.91 Å². The molecule has 0 spiro atoms. The predicted molar refractivity (Wildman–Crippen MR) is 108 cm³/mol. The highest BCUT2D eigenvalue weighted by atomic mass is 32.2. The van der Waals surface area contributed by atoms with Gasteiger partial charge in [0.05, 0.1) is 5.75 Å². The smallest absolute Gasteiger partial charge is 0.230 e. The summed E-state index contributed by atoms with van der Waals surface area (Å²) in [5, 5.41) is 4.89. The number of nitrogens with zero attached hydrogens (tertiary/aromatic N) is 4. The summed E-state index contributed by atoms with van der Waals surface area (Å²) >= 11 is 3.12. The summed E-state index contributed by atoms with van der Waals surface area (Å²) in [5.74, 6) is 1.18. The summed E-state index contributed by atoms with van der Waals surface area (Å²) in [4.78, 5) is 29.4. The molecule has 0 aliphatic heterocycles. The van der Waals surface area contributed by atoms with Crippen LogP contribution in [0.3, 0.4) is 0 Å². The van der Waals surface area contributed by atoms with Gasteiger partial charge in [-0.25, -0.2) is 15.0 Å². The lowest BCUT2D eigenvalue weighted by molar-refractivity contribution is -0.118. The van der Waals surface area contributed by atoms with Gasteiger partial charge in [0.2, 0.25) is 5.91 Å². The van der Waals surface area contributed by atoms with Gasteiger partial charge in [-0.1, -0.05) is 11.8 Å². The molecule has 136 valence electrons. The lowest BCUT2D eigenvalue weighted by Crippen LogP contribution is -2.24. The van der Waals surface area contributed by atoms with Crippen molar-refractivity contribution < 1.29 is 4.79 Å². The number of aromatic nitrogens is 3. The van der Waals surface area contributed by atoms with Crippen molar-refractivity contribution in [3.8, 4) is 0 Å². The number of fused-ring (bicyclic) bond motifs is 1. The van der Waals surface area contributed by atoms with Gasteiger partial charge < -0.3 is 10.2 Å². The van der Waals surface area contributed by atoms with Crippen LogP contribution in [0.1, 0.15) is 16.0 Å². The van der Waals surface area contributed by atoms with Crippen LogP contribution >= 0.6 is 23.1 Å². The molecule has 0 saturated heterocycles. The van der Waals surface area contributed by atoms with Gasteiger partial charge in [0.1, 0.15) is 22.0 Å². The Hall–Kier alpha value is -2.19. The molecule has 1 amide bonds. The number of aryl methyl sites for hydroxylation is 2. The summed E-state index contributed by atoms with van der Waals surface area (Å²) in [6, 6.07) is 3.88. The summed E-state index contributed by atoms with van der Waals surface area (Å²) < 4.78 is 0.